The fourth-order valence-corrected chi connectivity index (χ4v) is 1.43. The second-order valence-electron chi connectivity index (χ2n) is 2.93. The lowest BCUT2D eigenvalue weighted by atomic mass is 9.76. The average molecular weight is 114 g/mol. The summed E-state index contributed by atoms with van der Waals surface area (Å²) in [5, 5.41) is 13.3. The Balaban J connectivity index is 1.92. The van der Waals surface area contributed by atoms with Crippen molar-refractivity contribution in [3.63, 3.8) is 0 Å². The smallest absolute Gasteiger partial charge is 0.0332 e. The zero-order valence-electron chi connectivity index (χ0n) is 4.72. The van der Waals surface area contributed by atoms with Crippen LogP contribution in [0.3, 0.4) is 0 Å². The van der Waals surface area contributed by atoms with Gasteiger partial charge in [0.25, 0.3) is 0 Å². The first kappa shape index (κ1) is 4.73. The standard InChI is InChI=1S/C5H10N2O/c8-7-3-5(4-7)1-6-2-5/h6,8H,1-4H2. The van der Waals surface area contributed by atoms with Gasteiger partial charge in [-0.15, -0.1) is 0 Å². The Morgan fingerprint density at radius 1 is 1.38 bits per heavy atom. The second kappa shape index (κ2) is 1.23. The van der Waals surface area contributed by atoms with Crippen LogP contribution in [-0.4, -0.2) is 36.4 Å². The molecule has 2 aliphatic rings. The van der Waals surface area contributed by atoms with Gasteiger partial charge < -0.3 is 10.5 Å². The lowest BCUT2D eigenvalue weighted by Gasteiger charge is -2.53. The van der Waals surface area contributed by atoms with E-state index < -0.39 is 0 Å². The topological polar surface area (TPSA) is 35.5 Å². The maximum absolute atomic E-state index is 8.75. The van der Waals surface area contributed by atoms with Gasteiger partial charge in [0.1, 0.15) is 0 Å². The van der Waals surface area contributed by atoms with Crippen molar-refractivity contribution in [3.05, 3.63) is 0 Å². The highest BCUT2D eigenvalue weighted by molar-refractivity contribution is 5.01. The molecular weight excluding hydrogens is 104 g/mol. The molecule has 2 fully saturated rings. The fraction of sp³-hybridized carbons (Fsp3) is 1.00. The summed E-state index contributed by atoms with van der Waals surface area (Å²) in [6.45, 7) is 3.95. The van der Waals surface area contributed by atoms with Gasteiger partial charge in [-0.3, -0.25) is 0 Å². The van der Waals surface area contributed by atoms with Gasteiger partial charge in [-0.05, 0) is 0 Å². The summed E-state index contributed by atoms with van der Waals surface area (Å²) < 4.78 is 0. The summed E-state index contributed by atoms with van der Waals surface area (Å²) in [7, 11) is 0. The lowest BCUT2D eigenvalue weighted by molar-refractivity contribution is -0.220. The summed E-state index contributed by atoms with van der Waals surface area (Å²) in [6, 6.07) is 0. The van der Waals surface area contributed by atoms with Crippen LogP contribution in [0, 0.1) is 5.41 Å². The van der Waals surface area contributed by atoms with Crippen LogP contribution in [-0.2, 0) is 0 Å². The van der Waals surface area contributed by atoms with Gasteiger partial charge in [-0.25, -0.2) is 0 Å². The molecule has 2 saturated heterocycles. The molecule has 46 valence electrons. The minimum atomic E-state index is 0.481. The van der Waals surface area contributed by atoms with Crippen LogP contribution in [0.15, 0.2) is 0 Å². The van der Waals surface area contributed by atoms with E-state index in [1.54, 1.807) is 0 Å². The van der Waals surface area contributed by atoms with E-state index in [0.717, 1.165) is 26.2 Å². The van der Waals surface area contributed by atoms with Crippen LogP contribution in [0.5, 0.6) is 0 Å². The van der Waals surface area contributed by atoms with Crippen LogP contribution < -0.4 is 5.32 Å². The number of nitrogens with zero attached hydrogens (tertiary/aromatic N) is 1. The quantitative estimate of drug-likeness (QED) is 0.436. The molecule has 3 heteroatoms. The highest BCUT2D eigenvalue weighted by atomic mass is 16.5. The molecule has 0 aromatic carbocycles. The van der Waals surface area contributed by atoms with Crippen molar-refractivity contribution in [1.29, 1.82) is 0 Å². The van der Waals surface area contributed by atoms with Gasteiger partial charge in [0.05, 0.1) is 0 Å². The number of nitrogens with one attached hydrogen (secondary N) is 1. The van der Waals surface area contributed by atoms with E-state index in [2.05, 4.69) is 5.32 Å². The summed E-state index contributed by atoms with van der Waals surface area (Å²) in [6.07, 6.45) is 0. The fourth-order valence-electron chi connectivity index (χ4n) is 1.43. The zero-order chi connectivity index (χ0) is 5.61. The Kier molecular flexibility index (Phi) is 0.730. The molecule has 0 aliphatic carbocycles. The van der Waals surface area contributed by atoms with Crippen LogP contribution >= 0.6 is 0 Å². The van der Waals surface area contributed by atoms with Gasteiger partial charge in [-0.2, -0.15) is 5.06 Å². The maximum atomic E-state index is 8.75. The van der Waals surface area contributed by atoms with E-state index in [9.17, 15) is 0 Å². The van der Waals surface area contributed by atoms with Crippen molar-refractivity contribution >= 4 is 0 Å². The lowest BCUT2D eigenvalue weighted by Crippen LogP contribution is -2.70. The molecule has 2 heterocycles. The second-order valence-corrected chi connectivity index (χ2v) is 2.93. The van der Waals surface area contributed by atoms with Crippen molar-refractivity contribution in [1.82, 2.24) is 10.4 Å². The van der Waals surface area contributed by atoms with Crippen molar-refractivity contribution in [2.24, 2.45) is 5.41 Å². The van der Waals surface area contributed by atoms with Crippen molar-refractivity contribution in [3.8, 4) is 0 Å². The third kappa shape index (κ3) is 0.438. The average Bonchev–Trinajstić information content (AvgIpc) is 1.51. The molecule has 8 heavy (non-hydrogen) atoms. The summed E-state index contributed by atoms with van der Waals surface area (Å²) in [5.41, 5.74) is 0.481. The third-order valence-corrected chi connectivity index (χ3v) is 2.04. The number of rotatable bonds is 0. The molecule has 2 N–H and O–H groups in total. The highest BCUT2D eigenvalue weighted by Gasteiger charge is 2.47. The Morgan fingerprint density at radius 2 is 2.00 bits per heavy atom. The molecule has 0 unspecified atom stereocenters. The largest absolute Gasteiger partial charge is 0.315 e. The summed E-state index contributed by atoms with van der Waals surface area (Å²) in [5.74, 6) is 0. The van der Waals surface area contributed by atoms with E-state index in [1.807, 2.05) is 0 Å². The SMILES string of the molecule is ON1CC2(CNC2)C1. The molecule has 0 radical (unpaired) electrons. The number of hydrogen-bond acceptors (Lipinski definition) is 3. The highest BCUT2D eigenvalue weighted by Crippen LogP contribution is 2.31. The molecule has 2 rings (SSSR count). The Labute approximate surface area is 48.2 Å². The number of hydrogen-bond donors (Lipinski definition) is 2. The molecule has 0 amide bonds. The van der Waals surface area contributed by atoms with E-state index in [0.29, 0.717) is 5.41 Å². The van der Waals surface area contributed by atoms with E-state index >= 15 is 0 Å². The summed E-state index contributed by atoms with van der Waals surface area (Å²) >= 11 is 0. The normalized spacial score (nSPS) is 34.1. The first-order valence-electron chi connectivity index (χ1n) is 2.95. The van der Waals surface area contributed by atoms with Gasteiger partial charge in [0.2, 0.25) is 0 Å². The molecule has 0 aromatic heterocycles. The predicted molar refractivity (Wildman–Crippen MR) is 28.7 cm³/mol. The van der Waals surface area contributed by atoms with E-state index in [4.69, 9.17) is 5.21 Å². The predicted octanol–water partition coefficient (Wildman–Crippen LogP) is -0.719. The monoisotopic (exact) mass is 114 g/mol. The minimum absolute atomic E-state index is 0.481. The number of hydroxylamine groups is 2. The molecular formula is C5H10N2O. The third-order valence-electron chi connectivity index (χ3n) is 2.04. The van der Waals surface area contributed by atoms with Crippen molar-refractivity contribution in [2.75, 3.05) is 26.2 Å². The van der Waals surface area contributed by atoms with Crippen LogP contribution in [0.4, 0.5) is 0 Å². The molecule has 3 nitrogen and oxygen atoms in total. The van der Waals surface area contributed by atoms with Crippen molar-refractivity contribution < 1.29 is 5.21 Å². The molecule has 0 atom stereocenters. The van der Waals surface area contributed by atoms with E-state index in [-0.39, 0.29) is 0 Å². The van der Waals surface area contributed by atoms with Gasteiger partial charge in [-0.1, -0.05) is 0 Å². The Hall–Kier alpha value is -0.120. The maximum Gasteiger partial charge on any atom is 0.0332 e. The molecule has 0 aromatic rings. The Morgan fingerprint density at radius 3 is 2.12 bits per heavy atom. The molecule has 1 spiro atoms. The van der Waals surface area contributed by atoms with Crippen LogP contribution in [0.25, 0.3) is 0 Å². The Bertz CT molecular complexity index is 103. The summed E-state index contributed by atoms with van der Waals surface area (Å²) in [4.78, 5) is 0. The van der Waals surface area contributed by atoms with E-state index in [1.165, 1.54) is 5.06 Å². The molecule has 2 aliphatic heterocycles. The van der Waals surface area contributed by atoms with Crippen molar-refractivity contribution in [2.45, 2.75) is 0 Å². The van der Waals surface area contributed by atoms with Crippen LogP contribution in [0.1, 0.15) is 0 Å². The van der Waals surface area contributed by atoms with Crippen LogP contribution in [0.2, 0.25) is 0 Å². The molecule has 0 bridgehead atoms. The first-order chi connectivity index (χ1) is 3.81. The minimum Gasteiger partial charge on any atom is -0.315 e. The molecule has 0 saturated carbocycles. The zero-order valence-corrected chi connectivity index (χ0v) is 4.72. The van der Waals surface area contributed by atoms with Gasteiger partial charge >= 0.3 is 0 Å². The first-order valence-corrected chi connectivity index (χ1v) is 2.95. The van der Waals surface area contributed by atoms with Gasteiger partial charge in [0.15, 0.2) is 0 Å². The van der Waals surface area contributed by atoms with Gasteiger partial charge in [0, 0.05) is 31.6 Å².